The Labute approximate surface area is 229 Å². The quantitative estimate of drug-likeness (QED) is 0.315. The van der Waals surface area contributed by atoms with Crippen LogP contribution in [0, 0.1) is 6.92 Å². The van der Waals surface area contributed by atoms with E-state index in [1.54, 1.807) is 4.68 Å². The van der Waals surface area contributed by atoms with Gasteiger partial charge in [0, 0.05) is 17.7 Å². The summed E-state index contributed by atoms with van der Waals surface area (Å²) in [5, 5.41) is 4.98. The number of aromatic nitrogens is 2. The zero-order chi connectivity index (χ0) is 27.1. The largest absolute Gasteiger partial charge is 0.494 e. The smallest absolute Gasteiger partial charge is 0.273 e. The van der Waals surface area contributed by atoms with Gasteiger partial charge in [0.2, 0.25) is 0 Å². The van der Waals surface area contributed by atoms with Gasteiger partial charge >= 0.3 is 0 Å². The Balaban J connectivity index is 1.57. The van der Waals surface area contributed by atoms with Crippen molar-refractivity contribution in [3.63, 3.8) is 0 Å². The molecule has 2 aliphatic rings. The molecule has 0 N–H and O–H groups in total. The van der Waals surface area contributed by atoms with Gasteiger partial charge < -0.3 is 9.64 Å². The van der Waals surface area contributed by atoms with E-state index in [0.29, 0.717) is 31.0 Å². The minimum atomic E-state index is -3.18. The number of hydrogen-bond acceptors (Lipinski definition) is 5. The number of fused-ring (bicyclic) bond motifs is 1. The summed E-state index contributed by atoms with van der Waals surface area (Å²) < 4.78 is 32.4. The van der Waals surface area contributed by atoms with Crippen molar-refractivity contribution < 1.29 is 17.9 Å². The van der Waals surface area contributed by atoms with Crippen LogP contribution < -0.4 is 4.74 Å². The van der Waals surface area contributed by atoms with Gasteiger partial charge in [0.15, 0.2) is 9.84 Å². The fourth-order valence-electron chi connectivity index (χ4n) is 5.72. The number of ether oxygens (including phenoxy) is 1. The Morgan fingerprint density at radius 2 is 1.77 bits per heavy atom. The number of aryl methyl sites for hydroxylation is 1. The second-order valence-corrected chi connectivity index (χ2v) is 12.5. The van der Waals surface area contributed by atoms with E-state index in [4.69, 9.17) is 9.84 Å². The summed E-state index contributed by atoms with van der Waals surface area (Å²) in [6.45, 7) is 4.92. The number of nitrogens with zero attached hydrogens (tertiary/aromatic N) is 3. The third-order valence-corrected chi connectivity index (χ3v) is 9.31. The van der Waals surface area contributed by atoms with Crippen LogP contribution in [0.5, 0.6) is 5.75 Å². The molecule has 2 aliphatic heterocycles. The van der Waals surface area contributed by atoms with Gasteiger partial charge in [-0.15, -0.1) is 0 Å². The van der Waals surface area contributed by atoms with Crippen molar-refractivity contribution in [2.75, 3.05) is 18.1 Å². The molecule has 2 atom stereocenters. The number of carbonyl (C=O) groups is 1. The van der Waals surface area contributed by atoms with E-state index in [9.17, 15) is 13.2 Å². The van der Waals surface area contributed by atoms with E-state index in [1.165, 1.54) is 0 Å². The molecule has 39 heavy (non-hydrogen) atoms. The summed E-state index contributed by atoms with van der Waals surface area (Å²) in [5.41, 5.74) is 5.98. The highest BCUT2D eigenvalue weighted by Gasteiger charge is 2.46. The molecule has 6 rings (SSSR count). The van der Waals surface area contributed by atoms with Gasteiger partial charge in [0.25, 0.3) is 5.91 Å². The van der Waals surface area contributed by atoms with Crippen LogP contribution in [0.3, 0.4) is 0 Å². The molecule has 3 aromatic carbocycles. The van der Waals surface area contributed by atoms with Crippen LogP contribution in [0.2, 0.25) is 0 Å². The highest BCUT2D eigenvalue weighted by molar-refractivity contribution is 7.91. The molecule has 0 radical (unpaired) electrons. The lowest BCUT2D eigenvalue weighted by Gasteiger charge is -2.27. The van der Waals surface area contributed by atoms with Crippen molar-refractivity contribution in [3.05, 3.63) is 107 Å². The molecule has 0 unspecified atom stereocenters. The van der Waals surface area contributed by atoms with Crippen molar-refractivity contribution in [2.45, 2.75) is 38.9 Å². The minimum Gasteiger partial charge on any atom is -0.494 e. The maximum absolute atomic E-state index is 14.3. The summed E-state index contributed by atoms with van der Waals surface area (Å²) in [4.78, 5) is 16.2. The minimum absolute atomic E-state index is 0.00901. The molecule has 4 aromatic rings. The average Bonchev–Trinajstić information content (AvgIpc) is 3.57. The molecule has 0 spiro atoms. The summed E-state index contributed by atoms with van der Waals surface area (Å²) in [6.07, 6.45) is 0.445. The van der Waals surface area contributed by atoms with Crippen LogP contribution in [0.4, 0.5) is 0 Å². The fraction of sp³-hybridized carbons (Fsp3) is 0.290. The topological polar surface area (TPSA) is 81.5 Å². The fourth-order valence-corrected chi connectivity index (χ4v) is 7.41. The maximum atomic E-state index is 14.3. The highest BCUT2D eigenvalue weighted by atomic mass is 32.2. The first-order valence-electron chi connectivity index (χ1n) is 13.3. The number of hydrogen-bond donors (Lipinski definition) is 0. The summed E-state index contributed by atoms with van der Waals surface area (Å²) >= 11 is 0. The van der Waals surface area contributed by atoms with Crippen molar-refractivity contribution in [1.29, 1.82) is 0 Å². The Morgan fingerprint density at radius 3 is 2.46 bits per heavy atom. The van der Waals surface area contributed by atoms with E-state index < -0.39 is 15.9 Å². The maximum Gasteiger partial charge on any atom is 0.273 e. The second-order valence-electron chi connectivity index (χ2n) is 10.3. The lowest BCUT2D eigenvalue weighted by molar-refractivity contribution is 0.0722. The predicted octanol–water partition coefficient (Wildman–Crippen LogP) is 5.36. The molecule has 1 aromatic heterocycles. The first-order valence-corrected chi connectivity index (χ1v) is 15.1. The third kappa shape index (κ3) is 4.74. The second kappa shape index (κ2) is 10.0. The SMILES string of the molecule is CCOc1cccc([C@H]2c3c(-c4ccc(C)cc4)nn([C@H]4CCS(=O)(=O)C4)c3C(=O)N2Cc2ccccc2)c1. The number of amides is 1. The van der Waals surface area contributed by atoms with Crippen molar-refractivity contribution in [1.82, 2.24) is 14.7 Å². The van der Waals surface area contributed by atoms with Gasteiger partial charge in [0.05, 0.1) is 35.9 Å². The number of benzene rings is 3. The molecule has 0 saturated carbocycles. The van der Waals surface area contributed by atoms with Crippen LogP contribution in [0.25, 0.3) is 11.3 Å². The van der Waals surface area contributed by atoms with Crippen molar-refractivity contribution in [3.8, 4) is 17.0 Å². The van der Waals surface area contributed by atoms with Gasteiger partial charge in [-0.3, -0.25) is 9.48 Å². The van der Waals surface area contributed by atoms with E-state index >= 15 is 0 Å². The van der Waals surface area contributed by atoms with E-state index in [0.717, 1.165) is 33.6 Å². The average molecular weight is 542 g/mol. The molecule has 0 aliphatic carbocycles. The Hall–Kier alpha value is -3.91. The van der Waals surface area contributed by atoms with Crippen molar-refractivity contribution >= 4 is 15.7 Å². The van der Waals surface area contributed by atoms with E-state index in [2.05, 4.69) is 0 Å². The molecular weight excluding hydrogens is 510 g/mol. The molecule has 1 saturated heterocycles. The Bertz CT molecular complexity index is 1630. The molecule has 1 amide bonds. The van der Waals surface area contributed by atoms with Crippen LogP contribution in [0.15, 0.2) is 78.9 Å². The normalized spacial score (nSPS) is 19.8. The highest BCUT2D eigenvalue weighted by Crippen LogP contribution is 2.46. The van der Waals surface area contributed by atoms with Gasteiger partial charge in [-0.1, -0.05) is 72.3 Å². The zero-order valence-corrected chi connectivity index (χ0v) is 22.9. The summed E-state index contributed by atoms with van der Waals surface area (Å²) in [5.74, 6) is 0.691. The van der Waals surface area contributed by atoms with Crippen LogP contribution >= 0.6 is 0 Å². The Kier molecular flexibility index (Phi) is 6.51. The molecular formula is C31H31N3O4S. The molecule has 0 bridgehead atoms. The lowest BCUT2D eigenvalue weighted by Crippen LogP contribution is -2.30. The number of carbonyl (C=O) groups excluding carboxylic acids is 1. The standard InChI is InChI=1S/C31H31N3O4S/c1-3-38-26-11-7-10-24(18-26)29-27-28(23-14-12-21(2)13-15-23)32-34(25-16-17-39(36,37)20-25)30(27)31(35)33(29)19-22-8-5-4-6-9-22/h4-15,18,25,29H,3,16-17,19-20H2,1-2H3/t25-,29-/m0/s1. The van der Waals surface area contributed by atoms with Crippen molar-refractivity contribution in [2.24, 2.45) is 0 Å². The van der Waals surface area contributed by atoms with E-state index in [1.807, 2.05) is 97.6 Å². The first kappa shape index (κ1) is 25.4. The molecule has 8 heteroatoms. The lowest BCUT2D eigenvalue weighted by atomic mass is 9.95. The third-order valence-electron chi connectivity index (χ3n) is 7.56. The summed E-state index contributed by atoms with van der Waals surface area (Å²) in [7, 11) is -3.18. The van der Waals surface area contributed by atoms with Gasteiger partial charge in [-0.05, 0) is 43.5 Å². The van der Waals surface area contributed by atoms with Crippen LogP contribution in [-0.4, -0.2) is 47.1 Å². The molecule has 7 nitrogen and oxygen atoms in total. The zero-order valence-electron chi connectivity index (χ0n) is 22.1. The van der Waals surface area contributed by atoms with Gasteiger partial charge in [0.1, 0.15) is 11.4 Å². The number of rotatable bonds is 7. The Morgan fingerprint density at radius 1 is 1.00 bits per heavy atom. The van der Waals surface area contributed by atoms with Crippen LogP contribution in [-0.2, 0) is 16.4 Å². The summed E-state index contributed by atoms with van der Waals surface area (Å²) in [6, 6.07) is 25.1. The molecule has 200 valence electrons. The number of sulfone groups is 1. The van der Waals surface area contributed by atoms with Gasteiger partial charge in [-0.25, -0.2) is 8.42 Å². The van der Waals surface area contributed by atoms with Gasteiger partial charge in [-0.2, -0.15) is 5.10 Å². The monoisotopic (exact) mass is 541 g/mol. The van der Waals surface area contributed by atoms with E-state index in [-0.39, 0.29) is 23.5 Å². The molecule has 3 heterocycles. The molecule has 1 fully saturated rings. The van der Waals surface area contributed by atoms with Crippen LogP contribution in [0.1, 0.15) is 58.2 Å². The first-order chi connectivity index (χ1) is 18.8. The predicted molar refractivity (Wildman–Crippen MR) is 150 cm³/mol.